The Balaban J connectivity index is 1.89. The van der Waals surface area contributed by atoms with Crippen molar-refractivity contribution in [2.45, 2.75) is 18.8 Å². The number of hydrogen-bond donors (Lipinski definition) is 2. The van der Waals surface area contributed by atoms with Gasteiger partial charge >= 0.3 is 0 Å². The number of halogens is 1. The van der Waals surface area contributed by atoms with Crippen molar-refractivity contribution in [1.29, 1.82) is 0 Å². The fourth-order valence-corrected chi connectivity index (χ4v) is 1.92. The number of ether oxygens (including phenoxy) is 1. The molecule has 0 aliphatic heterocycles. The first-order chi connectivity index (χ1) is 9.11. The Morgan fingerprint density at radius 1 is 1.37 bits per heavy atom. The van der Waals surface area contributed by atoms with Crippen LogP contribution in [0.3, 0.4) is 0 Å². The van der Waals surface area contributed by atoms with Crippen LogP contribution in [0.4, 0.5) is 5.69 Å². The van der Waals surface area contributed by atoms with Crippen molar-refractivity contribution in [3.8, 4) is 11.6 Å². The van der Waals surface area contributed by atoms with E-state index in [1.807, 2.05) is 0 Å². The second-order valence-corrected chi connectivity index (χ2v) is 4.94. The van der Waals surface area contributed by atoms with Crippen molar-refractivity contribution in [3.63, 3.8) is 0 Å². The number of nitrogens with two attached hydrogens (primary N) is 1. The van der Waals surface area contributed by atoms with Crippen LogP contribution >= 0.6 is 11.6 Å². The first kappa shape index (κ1) is 12.0. The van der Waals surface area contributed by atoms with Gasteiger partial charge in [0.05, 0.1) is 16.8 Å². The average molecular weight is 278 g/mol. The Bertz CT molecular complexity index is 680. The quantitative estimate of drug-likeness (QED) is 0.845. The van der Waals surface area contributed by atoms with Crippen LogP contribution in [-0.2, 0) is 0 Å². The van der Waals surface area contributed by atoms with E-state index < -0.39 is 0 Å². The highest BCUT2D eigenvalue weighted by molar-refractivity contribution is 6.33. The molecule has 0 atom stereocenters. The summed E-state index contributed by atoms with van der Waals surface area (Å²) in [6, 6.07) is 6.24. The van der Waals surface area contributed by atoms with Crippen LogP contribution in [0.25, 0.3) is 0 Å². The Kier molecular flexibility index (Phi) is 2.91. The van der Waals surface area contributed by atoms with E-state index in [2.05, 4.69) is 9.97 Å². The molecule has 1 aromatic heterocycles. The lowest BCUT2D eigenvalue weighted by molar-refractivity contribution is 0.457. The molecule has 0 amide bonds. The van der Waals surface area contributed by atoms with Crippen molar-refractivity contribution in [2.75, 3.05) is 5.73 Å². The third-order valence-corrected chi connectivity index (χ3v) is 3.22. The van der Waals surface area contributed by atoms with Crippen molar-refractivity contribution >= 4 is 17.3 Å². The first-order valence-corrected chi connectivity index (χ1v) is 6.34. The number of hydrogen-bond acceptors (Lipinski definition) is 4. The van der Waals surface area contributed by atoms with E-state index in [0.29, 0.717) is 28.2 Å². The van der Waals surface area contributed by atoms with E-state index >= 15 is 0 Å². The number of nitrogen functional groups attached to an aromatic ring is 1. The van der Waals surface area contributed by atoms with Gasteiger partial charge in [-0.05, 0) is 25.0 Å². The minimum atomic E-state index is -0.214. The smallest absolute Gasteiger partial charge is 0.254 e. The predicted molar refractivity (Wildman–Crippen MR) is 72.8 cm³/mol. The molecule has 2 aromatic rings. The molecule has 6 heteroatoms. The number of rotatable bonds is 3. The molecule has 3 N–H and O–H groups in total. The van der Waals surface area contributed by atoms with Gasteiger partial charge in [0.2, 0.25) is 5.88 Å². The Morgan fingerprint density at radius 3 is 2.84 bits per heavy atom. The fraction of sp³-hybridized carbons (Fsp3) is 0.231. The maximum atomic E-state index is 11.5. The maximum absolute atomic E-state index is 11.5. The number of nitrogens with zero attached hydrogens (tertiary/aromatic N) is 1. The molecule has 3 rings (SSSR count). The van der Waals surface area contributed by atoms with Gasteiger partial charge in [-0.2, -0.15) is 4.98 Å². The van der Waals surface area contributed by atoms with E-state index in [1.54, 1.807) is 18.2 Å². The Labute approximate surface area is 114 Å². The van der Waals surface area contributed by atoms with Gasteiger partial charge < -0.3 is 15.5 Å². The highest BCUT2D eigenvalue weighted by atomic mass is 35.5. The van der Waals surface area contributed by atoms with Crippen LogP contribution in [-0.4, -0.2) is 9.97 Å². The van der Waals surface area contributed by atoms with Gasteiger partial charge in [-0.15, -0.1) is 0 Å². The summed E-state index contributed by atoms with van der Waals surface area (Å²) in [5, 5.41) is 0.407. The lowest BCUT2D eigenvalue weighted by atomic mass is 10.3. The molecular weight excluding hydrogens is 266 g/mol. The molecule has 1 fully saturated rings. The fourth-order valence-electron chi connectivity index (χ4n) is 1.75. The molecule has 0 radical (unpaired) electrons. The number of aromatic amines is 1. The van der Waals surface area contributed by atoms with Gasteiger partial charge in [0.1, 0.15) is 11.6 Å². The predicted octanol–water partition coefficient (Wildman–Crippen LogP) is 2.68. The molecule has 0 unspecified atom stereocenters. The van der Waals surface area contributed by atoms with Crippen molar-refractivity contribution in [2.24, 2.45) is 0 Å². The van der Waals surface area contributed by atoms with Gasteiger partial charge in [0.15, 0.2) is 0 Å². The molecule has 1 aliphatic rings. The molecule has 0 spiro atoms. The van der Waals surface area contributed by atoms with Crippen molar-refractivity contribution in [3.05, 3.63) is 45.5 Å². The van der Waals surface area contributed by atoms with E-state index in [-0.39, 0.29) is 11.4 Å². The monoisotopic (exact) mass is 277 g/mol. The lowest BCUT2D eigenvalue weighted by Crippen LogP contribution is -2.10. The highest BCUT2D eigenvalue weighted by Crippen LogP contribution is 2.38. The largest absolute Gasteiger partial charge is 0.439 e. The number of anilines is 1. The van der Waals surface area contributed by atoms with Crippen LogP contribution < -0.4 is 16.0 Å². The molecule has 98 valence electrons. The van der Waals surface area contributed by atoms with Crippen LogP contribution in [0.2, 0.25) is 5.02 Å². The summed E-state index contributed by atoms with van der Waals surface area (Å²) in [6.45, 7) is 0. The summed E-state index contributed by atoms with van der Waals surface area (Å²) in [4.78, 5) is 18.5. The SMILES string of the molecule is Nc1ccc(Oc2cc(=O)[nH]c(C3CC3)n2)cc1Cl. The third kappa shape index (κ3) is 2.71. The molecule has 1 saturated carbocycles. The molecule has 1 aromatic carbocycles. The van der Waals surface area contributed by atoms with Crippen LogP contribution in [0.15, 0.2) is 29.1 Å². The zero-order valence-corrected chi connectivity index (χ0v) is 10.8. The van der Waals surface area contributed by atoms with Gasteiger partial charge in [-0.1, -0.05) is 11.6 Å². The van der Waals surface area contributed by atoms with E-state index in [0.717, 1.165) is 12.8 Å². The summed E-state index contributed by atoms with van der Waals surface area (Å²) < 4.78 is 5.54. The van der Waals surface area contributed by atoms with Gasteiger partial charge in [0, 0.05) is 12.0 Å². The molecule has 0 bridgehead atoms. The second-order valence-electron chi connectivity index (χ2n) is 4.53. The van der Waals surface area contributed by atoms with Crippen LogP contribution in [0.5, 0.6) is 11.6 Å². The number of H-pyrrole nitrogens is 1. The summed E-state index contributed by atoms with van der Waals surface area (Å²) in [6.07, 6.45) is 2.11. The molecule has 19 heavy (non-hydrogen) atoms. The number of nitrogens with one attached hydrogen (secondary N) is 1. The normalized spacial score (nSPS) is 14.4. The lowest BCUT2D eigenvalue weighted by Gasteiger charge is -2.07. The number of aromatic nitrogens is 2. The minimum Gasteiger partial charge on any atom is -0.439 e. The first-order valence-electron chi connectivity index (χ1n) is 5.96. The standard InChI is InChI=1S/C13H12ClN3O2/c14-9-5-8(3-4-10(9)15)19-12-6-11(18)16-13(17-12)7-1-2-7/h3-7H,1-2,15H2,(H,16,17,18). The van der Waals surface area contributed by atoms with E-state index in [9.17, 15) is 4.79 Å². The highest BCUT2D eigenvalue weighted by Gasteiger charge is 2.26. The molecule has 1 aliphatic carbocycles. The topological polar surface area (TPSA) is 81.0 Å². The van der Waals surface area contributed by atoms with Crippen LogP contribution in [0, 0.1) is 0 Å². The van der Waals surface area contributed by atoms with Crippen molar-refractivity contribution < 1.29 is 4.74 Å². The molecule has 0 saturated heterocycles. The molecule has 5 nitrogen and oxygen atoms in total. The van der Waals surface area contributed by atoms with Gasteiger partial charge in [0.25, 0.3) is 5.56 Å². The number of benzene rings is 1. The zero-order chi connectivity index (χ0) is 13.4. The minimum absolute atomic E-state index is 0.214. The van der Waals surface area contributed by atoms with Gasteiger partial charge in [-0.25, -0.2) is 0 Å². The summed E-state index contributed by atoms with van der Waals surface area (Å²) in [7, 11) is 0. The van der Waals surface area contributed by atoms with E-state index in [1.165, 1.54) is 6.07 Å². The average Bonchev–Trinajstić information content (AvgIpc) is 3.17. The Morgan fingerprint density at radius 2 is 2.16 bits per heavy atom. The maximum Gasteiger partial charge on any atom is 0.254 e. The van der Waals surface area contributed by atoms with Gasteiger partial charge in [-0.3, -0.25) is 4.79 Å². The molecular formula is C13H12ClN3O2. The zero-order valence-electron chi connectivity index (χ0n) is 10.0. The summed E-state index contributed by atoms with van der Waals surface area (Å²) in [5.74, 6) is 1.81. The summed E-state index contributed by atoms with van der Waals surface area (Å²) in [5.41, 5.74) is 5.88. The second kappa shape index (κ2) is 4.59. The third-order valence-electron chi connectivity index (χ3n) is 2.89. The van der Waals surface area contributed by atoms with Crippen molar-refractivity contribution in [1.82, 2.24) is 9.97 Å². The Hall–Kier alpha value is -2.01. The van der Waals surface area contributed by atoms with E-state index in [4.69, 9.17) is 22.1 Å². The molecule has 1 heterocycles. The summed E-state index contributed by atoms with van der Waals surface area (Å²) >= 11 is 5.91. The van der Waals surface area contributed by atoms with Crippen LogP contribution in [0.1, 0.15) is 24.6 Å².